The lowest BCUT2D eigenvalue weighted by Gasteiger charge is -2.35. The van der Waals surface area contributed by atoms with Gasteiger partial charge in [0.15, 0.2) is 0 Å². The number of carbonyl (C=O) groups excluding carboxylic acids is 1. The summed E-state index contributed by atoms with van der Waals surface area (Å²) in [5.74, 6) is 1.04. The van der Waals surface area contributed by atoms with Gasteiger partial charge in [-0.05, 0) is 12.8 Å². The Hall–Kier alpha value is -0.510. The second kappa shape index (κ2) is 3.33. The monoisotopic (exact) mass is 200 g/mol. The molecule has 0 aromatic heterocycles. The van der Waals surface area contributed by atoms with E-state index in [-0.39, 0.29) is 17.8 Å². The van der Waals surface area contributed by atoms with E-state index in [9.17, 15) is 9.59 Å². The van der Waals surface area contributed by atoms with Gasteiger partial charge in [0, 0.05) is 23.3 Å². The molecule has 0 aromatic carbocycles. The minimum Gasteiger partial charge on any atom is -0.481 e. The molecule has 2 fully saturated rings. The zero-order chi connectivity index (χ0) is 9.42. The lowest BCUT2D eigenvalue weighted by molar-refractivity contribution is -0.145. The molecule has 2 atom stereocenters. The number of rotatable bonds is 1. The van der Waals surface area contributed by atoms with E-state index in [1.807, 2.05) is 0 Å². The number of carboxylic acids is 1. The van der Waals surface area contributed by atoms with Crippen LogP contribution in [0.4, 0.5) is 0 Å². The number of thioether (sulfide) groups is 1. The fourth-order valence-corrected chi connectivity index (χ4v) is 3.51. The minimum absolute atomic E-state index is 0.0265. The van der Waals surface area contributed by atoms with Gasteiger partial charge in [0.05, 0.1) is 5.92 Å². The van der Waals surface area contributed by atoms with Crippen molar-refractivity contribution in [2.24, 2.45) is 17.8 Å². The highest BCUT2D eigenvalue weighted by Crippen LogP contribution is 2.38. The Bertz CT molecular complexity index is 235. The van der Waals surface area contributed by atoms with Gasteiger partial charge >= 0.3 is 5.97 Å². The number of hydrogen-bond donors (Lipinski definition) is 1. The third kappa shape index (κ3) is 1.59. The van der Waals surface area contributed by atoms with Crippen LogP contribution in [0.15, 0.2) is 0 Å². The van der Waals surface area contributed by atoms with Crippen molar-refractivity contribution < 1.29 is 14.7 Å². The molecule has 4 heteroatoms. The van der Waals surface area contributed by atoms with Crippen LogP contribution in [-0.2, 0) is 9.59 Å². The minimum atomic E-state index is -0.727. The van der Waals surface area contributed by atoms with Gasteiger partial charge in [-0.25, -0.2) is 0 Å². The van der Waals surface area contributed by atoms with E-state index < -0.39 is 5.97 Å². The van der Waals surface area contributed by atoms with Gasteiger partial charge in [-0.15, -0.1) is 0 Å². The van der Waals surface area contributed by atoms with Crippen LogP contribution in [0.2, 0.25) is 0 Å². The number of ketones is 1. The Balaban J connectivity index is 2.11. The number of carboxylic acid groups (broad SMARTS) is 1. The predicted octanol–water partition coefficient (Wildman–Crippen LogP) is 1.03. The molecule has 1 saturated heterocycles. The molecule has 3 nitrogen and oxygen atoms in total. The molecule has 1 heterocycles. The maximum Gasteiger partial charge on any atom is 0.306 e. The fraction of sp³-hybridized carbons (Fsp3) is 0.778. The number of aliphatic carboxylic acids is 1. The van der Waals surface area contributed by atoms with Crippen LogP contribution in [0, 0.1) is 17.8 Å². The van der Waals surface area contributed by atoms with Crippen molar-refractivity contribution in [2.75, 3.05) is 11.5 Å². The van der Waals surface area contributed by atoms with E-state index in [4.69, 9.17) is 5.11 Å². The summed E-state index contributed by atoms with van der Waals surface area (Å²) in [7, 11) is 0. The van der Waals surface area contributed by atoms with Crippen LogP contribution in [0.3, 0.4) is 0 Å². The highest BCUT2D eigenvalue weighted by molar-refractivity contribution is 7.99. The van der Waals surface area contributed by atoms with Crippen LogP contribution < -0.4 is 0 Å². The van der Waals surface area contributed by atoms with E-state index in [0.29, 0.717) is 18.6 Å². The molecule has 0 spiro atoms. The summed E-state index contributed by atoms with van der Waals surface area (Å²) < 4.78 is 0. The normalized spacial score (nSPS) is 38.8. The Labute approximate surface area is 80.9 Å². The summed E-state index contributed by atoms with van der Waals surface area (Å²) in [6.07, 6.45) is 1.13. The maximum absolute atomic E-state index is 11.6. The van der Waals surface area contributed by atoms with Crippen molar-refractivity contribution in [3.63, 3.8) is 0 Å². The zero-order valence-electron chi connectivity index (χ0n) is 7.23. The third-order valence-electron chi connectivity index (χ3n) is 2.93. The number of carbonyl (C=O) groups is 2. The van der Waals surface area contributed by atoms with E-state index in [0.717, 1.165) is 11.5 Å². The average Bonchev–Trinajstić information content (AvgIpc) is 2.02. The molecule has 13 heavy (non-hydrogen) atoms. The van der Waals surface area contributed by atoms with Crippen LogP contribution in [0.1, 0.15) is 12.8 Å². The van der Waals surface area contributed by atoms with E-state index in [2.05, 4.69) is 0 Å². The summed E-state index contributed by atoms with van der Waals surface area (Å²) in [5.41, 5.74) is 0. The molecule has 0 aromatic rings. The second-order valence-corrected chi connectivity index (χ2v) is 4.92. The lowest BCUT2D eigenvalue weighted by atomic mass is 9.75. The van der Waals surface area contributed by atoms with Crippen molar-refractivity contribution in [2.45, 2.75) is 12.8 Å². The van der Waals surface area contributed by atoms with Crippen LogP contribution in [0.5, 0.6) is 0 Å². The van der Waals surface area contributed by atoms with Crippen molar-refractivity contribution in [3.05, 3.63) is 0 Å². The van der Waals surface area contributed by atoms with Gasteiger partial charge < -0.3 is 5.11 Å². The Morgan fingerprint density at radius 2 is 1.85 bits per heavy atom. The van der Waals surface area contributed by atoms with E-state index in [1.165, 1.54) is 0 Å². The molecule has 72 valence electrons. The third-order valence-corrected chi connectivity index (χ3v) is 4.21. The van der Waals surface area contributed by atoms with Crippen molar-refractivity contribution >= 4 is 23.5 Å². The summed E-state index contributed by atoms with van der Waals surface area (Å²) in [6.45, 7) is 0. The van der Waals surface area contributed by atoms with Crippen molar-refractivity contribution in [1.82, 2.24) is 0 Å². The maximum atomic E-state index is 11.6. The molecule has 2 bridgehead atoms. The molecule has 0 radical (unpaired) electrons. The molecule has 1 aliphatic heterocycles. The highest BCUT2D eigenvalue weighted by atomic mass is 32.2. The van der Waals surface area contributed by atoms with Gasteiger partial charge in [0.1, 0.15) is 5.78 Å². The van der Waals surface area contributed by atoms with Crippen LogP contribution in [0.25, 0.3) is 0 Å². The lowest BCUT2D eigenvalue weighted by Crippen LogP contribution is -2.41. The standard InChI is InChI=1S/C9H12O3S/c10-8-6-1-5(9(11)12)2-7(8)4-13-3-6/h5-7H,1-4H2,(H,11,12). The fourth-order valence-electron chi connectivity index (χ4n) is 2.20. The van der Waals surface area contributed by atoms with Gasteiger partial charge in [-0.2, -0.15) is 11.8 Å². The molecule has 2 unspecified atom stereocenters. The summed E-state index contributed by atoms with van der Waals surface area (Å²) in [6, 6.07) is 0. The number of hydrogen-bond acceptors (Lipinski definition) is 3. The average molecular weight is 200 g/mol. The molecule has 0 amide bonds. The molecular weight excluding hydrogens is 188 g/mol. The molecular formula is C9H12O3S. The first kappa shape index (κ1) is 9.06. The van der Waals surface area contributed by atoms with Crippen LogP contribution in [-0.4, -0.2) is 28.4 Å². The first-order valence-corrected chi connectivity index (χ1v) is 5.68. The Kier molecular flexibility index (Phi) is 2.32. The topological polar surface area (TPSA) is 54.4 Å². The summed E-state index contributed by atoms with van der Waals surface area (Å²) >= 11 is 1.79. The van der Waals surface area contributed by atoms with Gasteiger partial charge in [0.25, 0.3) is 0 Å². The van der Waals surface area contributed by atoms with Gasteiger partial charge in [0.2, 0.25) is 0 Å². The second-order valence-electron chi connectivity index (χ2n) is 3.84. The highest BCUT2D eigenvalue weighted by Gasteiger charge is 2.41. The van der Waals surface area contributed by atoms with E-state index in [1.54, 1.807) is 11.8 Å². The van der Waals surface area contributed by atoms with Crippen LogP contribution >= 0.6 is 11.8 Å². The summed E-state index contributed by atoms with van der Waals surface area (Å²) in [4.78, 5) is 22.3. The zero-order valence-corrected chi connectivity index (χ0v) is 8.05. The molecule has 1 aliphatic carbocycles. The van der Waals surface area contributed by atoms with Crippen molar-refractivity contribution in [1.29, 1.82) is 0 Å². The first-order valence-electron chi connectivity index (χ1n) is 4.52. The van der Waals surface area contributed by atoms with Gasteiger partial charge in [-0.3, -0.25) is 9.59 Å². The molecule has 2 rings (SSSR count). The SMILES string of the molecule is O=C(O)C1CC2CSCC(C1)C2=O. The summed E-state index contributed by atoms with van der Waals surface area (Å²) in [5, 5.41) is 8.86. The largest absolute Gasteiger partial charge is 0.481 e. The molecule has 2 aliphatic rings. The predicted molar refractivity (Wildman–Crippen MR) is 49.7 cm³/mol. The Morgan fingerprint density at radius 3 is 2.31 bits per heavy atom. The Morgan fingerprint density at radius 1 is 1.31 bits per heavy atom. The van der Waals surface area contributed by atoms with Crippen molar-refractivity contribution in [3.8, 4) is 0 Å². The molecule has 1 N–H and O–H groups in total. The number of fused-ring (bicyclic) bond motifs is 2. The van der Waals surface area contributed by atoms with E-state index >= 15 is 0 Å². The quantitative estimate of drug-likeness (QED) is 0.687. The first-order chi connectivity index (χ1) is 6.18. The molecule has 1 saturated carbocycles. The van der Waals surface area contributed by atoms with Gasteiger partial charge in [-0.1, -0.05) is 0 Å². The smallest absolute Gasteiger partial charge is 0.306 e. The number of Topliss-reactive ketones (excluding diaryl/α,β-unsaturated/α-hetero) is 1.